The molecule has 2 heterocycles. The third kappa shape index (κ3) is 3.94. The SMILES string of the molecule is CON(C)C(=O)c1cn(-c2ccccn2)nc1CCc1ccc(F)cc1. The van der Waals surface area contributed by atoms with E-state index in [1.165, 1.54) is 19.2 Å². The third-order valence-electron chi connectivity index (χ3n) is 4.03. The Bertz CT molecular complexity index is 878. The van der Waals surface area contributed by atoms with Crippen LogP contribution >= 0.6 is 0 Å². The lowest BCUT2D eigenvalue weighted by atomic mass is 10.1. The summed E-state index contributed by atoms with van der Waals surface area (Å²) in [6.07, 6.45) is 4.48. The van der Waals surface area contributed by atoms with Crippen LogP contribution in [0.5, 0.6) is 0 Å². The average molecular weight is 354 g/mol. The van der Waals surface area contributed by atoms with E-state index in [0.717, 1.165) is 10.6 Å². The fourth-order valence-electron chi connectivity index (χ4n) is 2.55. The smallest absolute Gasteiger partial charge is 0.274 e. The molecule has 0 radical (unpaired) electrons. The number of hydroxylamine groups is 2. The zero-order chi connectivity index (χ0) is 18.5. The fraction of sp³-hybridized carbons (Fsp3) is 0.211. The number of rotatable bonds is 6. The second kappa shape index (κ2) is 7.88. The molecule has 0 aliphatic heterocycles. The van der Waals surface area contributed by atoms with Gasteiger partial charge in [0, 0.05) is 19.4 Å². The lowest BCUT2D eigenvalue weighted by molar-refractivity contribution is -0.0757. The minimum absolute atomic E-state index is 0.272. The summed E-state index contributed by atoms with van der Waals surface area (Å²) < 4.78 is 14.6. The average Bonchev–Trinajstić information content (AvgIpc) is 3.11. The molecule has 0 fully saturated rings. The third-order valence-corrected chi connectivity index (χ3v) is 4.03. The van der Waals surface area contributed by atoms with Crippen LogP contribution in [0.15, 0.2) is 54.9 Å². The van der Waals surface area contributed by atoms with E-state index in [4.69, 9.17) is 4.84 Å². The molecule has 6 nitrogen and oxygen atoms in total. The Morgan fingerprint density at radius 2 is 1.96 bits per heavy atom. The van der Waals surface area contributed by atoms with E-state index in [9.17, 15) is 9.18 Å². The first-order valence-electron chi connectivity index (χ1n) is 8.15. The normalized spacial score (nSPS) is 10.7. The number of pyridine rings is 1. The topological polar surface area (TPSA) is 60.2 Å². The molecule has 1 amide bonds. The number of benzene rings is 1. The summed E-state index contributed by atoms with van der Waals surface area (Å²) in [5.74, 6) is 0.0594. The van der Waals surface area contributed by atoms with Gasteiger partial charge in [0.2, 0.25) is 0 Å². The van der Waals surface area contributed by atoms with Crippen LogP contribution in [0.25, 0.3) is 5.82 Å². The second-order valence-corrected chi connectivity index (χ2v) is 5.73. The number of hydrogen-bond donors (Lipinski definition) is 0. The van der Waals surface area contributed by atoms with Crippen LogP contribution in [0.4, 0.5) is 4.39 Å². The van der Waals surface area contributed by atoms with Gasteiger partial charge in [0.25, 0.3) is 5.91 Å². The van der Waals surface area contributed by atoms with Crippen LogP contribution in [0.2, 0.25) is 0 Å². The molecule has 3 rings (SSSR count). The summed E-state index contributed by atoms with van der Waals surface area (Å²) in [6, 6.07) is 11.8. The number of nitrogens with zero attached hydrogens (tertiary/aromatic N) is 4. The molecule has 0 spiro atoms. The number of halogens is 1. The molecule has 0 saturated heterocycles. The lowest BCUT2D eigenvalue weighted by Crippen LogP contribution is -2.26. The molecule has 0 aliphatic carbocycles. The molecule has 0 N–H and O–H groups in total. The zero-order valence-corrected chi connectivity index (χ0v) is 14.6. The minimum Gasteiger partial charge on any atom is -0.274 e. The summed E-state index contributed by atoms with van der Waals surface area (Å²) in [4.78, 5) is 21.8. The van der Waals surface area contributed by atoms with Crippen molar-refractivity contribution in [1.29, 1.82) is 0 Å². The molecule has 0 saturated carbocycles. The van der Waals surface area contributed by atoms with Crippen LogP contribution in [0.1, 0.15) is 21.6 Å². The first-order chi connectivity index (χ1) is 12.6. The van der Waals surface area contributed by atoms with Gasteiger partial charge in [-0.25, -0.2) is 19.1 Å². The number of aryl methyl sites for hydroxylation is 2. The Balaban J connectivity index is 1.89. The quantitative estimate of drug-likeness (QED) is 0.639. The van der Waals surface area contributed by atoms with Crippen molar-refractivity contribution in [3.63, 3.8) is 0 Å². The summed E-state index contributed by atoms with van der Waals surface area (Å²) in [7, 11) is 2.98. The summed E-state index contributed by atoms with van der Waals surface area (Å²) in [5.41, 5.74) is 2.05. The number of hydrogen-bond acceptors (Lipinski definition) is 4. The largest absolute Gasteiger partial charge is 0.280 e. The van der Waals surface area contributed by atoms with Crippen molar-refractivity contribution in [2.75, 3.05) is 14.2 Å². The number of carbonyl (C=O) groups excluding carboxylic acids is 1. The molecule has 0 bridgehead atoms. The summed E-state index contributed by atoms with van der Waals surface area (Å²) in [6.45, 7) is 0. The summed E-state index contributed by atoms with van der Waals surface area (Å²) >= 11 is 0. The van der Waals surface area contributed by atoms with Crippen molar-refractivity contribution in [3.8, 4) is 5.82 Å². The highest BCUT2D eigenvalue weighted by molar-refractivity contribution is 5.94. The zero-order valence-electron chi connectivity index (χ0n) is 14.6. The Kier molecular flexibility index (Phi) is 5.38. The van der Waals surface area contributed by atoms with Crippen LogP contribution in [0, 0.1) is 5.82 Å². The van der Waals surface area contributed by atoms with Gasteiger partial charge in [-0.1, -0.05) is 18.2 Å². The first kappa shape index (κ1) is 17.8. The molecule has 134 valence electrons. The first-order valence-corrected chi connectivity index (χ1v) is 8.15. The molecular formula is C19H19FN4O2. The van der Waals surface area contributed by atoms with Gasteiger partial charge >= 0.3 is 0 Å². The second-order valence-electron chi connectivity index (χ2n) is 5.73. The van der Waals surface area contributed by atoms with Crippen LogP contribution in [-0.4, -0.2) is 39.9 Å². The van der Waals surface area contributed by atoms with Crippen molar-refractivity contribution in [3.05, 3.63) is 77.5 Å². The highest BCUT2D eigenvalue weighted by atomic mass is 19.1. The van der Waals surface area contributed by atoms with Gasteiger partial charge < -0.3 is 0 Å². The van der Waals surface area contributed by atoms with E-state index in [2.05, 4.69) is 10.1 Å². The van der Waals surface area contributed by atoms with Gasteiger partial charge in [-0.2, -0.15) is 5.10 Å². The highest BCUT2D eigenvalue weighted by Gasteiger charge is 2.20. The fourth-order valence-corrected chi connectivity index (χ4v) is 2.55. The van der Waals surface area contributed by atoms with Crippen molar-refractivity contribution in [2.45, 2.75) is 12.8 Å². The van der Waals surface area contributed by atoms with Gasteiger partial charge in [0.05, 0.1) is 18.4 Å². The van der Waals surface area contributed by atoms with E-state index in [-0.39, 0.29) is 11.7 Å². The predicted molar refractivity (Wildman–Crippen MR) is 94.3 cm³/mol. The molecule has 0 unspecified atom stereocenters. The monoisotopic (exact) mass is 354 g/mol. The number of amides is 1. The van der Waals surface area contributed by atoms with Gasteiger partial charge in [-0.15, -0.1) is 0 Å². The molecule has 2 aromatic heterocycles. The maximum Gasteiger partial charge on any atom is 0.280 e. The molecule has 3 aromatic rings. The van der Waals surface area contributed by atoms with Gasteiger partial charge in [-0.05, 0) is 42.7 Å². The van der Waals surface area contributed by atoms with Gasteiger partial charge in [0.15, 0.2) is 5.82 Å². The molecule has 1 aromatic carbocycles. The maximum atomic E-state index is 13.1. The predicted octanol–water partition coefficient (Wildman–Crippen LogP) is 2.83. The van der Waals surface area contributed by atoms with E-state index in [1.807, 2.05) is 18.2 Å². The van der Waals surface area contributed by atoms with E-state index >= 15 is 0 Å². The van der Waals surface area contributed by atoms with Crippen molar-refractivity contribution in [2.24, 2.45) is 0 Å². The van der Waals surface area contributed by atoms with Gasteiger partial charge in [-0.3, -0.25) is 9.63 Å². The molecular weight excluding hydrogens is 335 g/mol. The van der Waals surface area contributed by atoms with Crippen molar-refractivity contribution >= 4 is 5.91 Å². The van der Waals surface area contributed by atoms with E-state index < -0.39 is 0 Å². The van der Waals surface area contributed by atoms with E-state index in [1.54, 1.807) is 36.3 Å². The molecule has 0 atom stereocenters. The standard InChI is InChI=1S/C19H19FN4O2/c1-23(26-2)19(25)16-13-24(18-5-3-4-12-21-18)22-17(16)11-8-14-6-9-15(20)10-7-14/h3-7,9-10,12-13H,8,11H2,1-2H3. The Morgan fingerprint density at radius 1 is 1.19 bits per heavy atom. The van der Waals surface area contributed by atoms with Crippen LogP contribution < -0.4 is 0 Å². The molecule has 26 heavy (non-hydrogen) atoms. The lowest BCUT2D eigenvalue weighted by Gasteiger charge is -2.13. The minimum atomic E-state index is -0.288. The Morgan fingerprint density at radius 3 is 2.62 bits per heavy atom. The van der Waals surface area contributed by atoms with Gasteiger partial charge in [0.1, 0.15) is 5.82 Å². The number of aromatic nitrogens is 3. The van der Waals surface area contributed by atoms with Crippen molar-refractivity contribution < 1.29 is 14.0 Å². The summed E-state index contributed by atoms with van der Waals surface area (Å²) in [5, 5.41) is 5.68. The maximum absolute atomic E-state index is 13.1. The van der Waals surface area contributed by atoms with E-state index in [0.29, 0.717) is 29.9 Å². The molecule has 7 heteroatoms. The Hall–Kier alpha value is -3.06. The Labute approximate surface area is 150 Å². The van der Waals surface area contributed by atoms with Crippen LogP contribution in [-0.2, 0) is 17.7 Å². The highest BCUT2D eigenvalue weighted by Crippen LogP contribution is 2.16. The molecule has 0 aliphatic rings. The van der Waals surface area contributed by atoms with Crippen molar-refractivity contribution in [1.82, 2.24) is 19.8 Å². The number of carbonyl (C=O) groups is 1. The van der Waals surface area contributed by atoms with Crippen LogP contribution in [0.3, 0.4) is 0 Å².